The van der Waals surface area contributed by atoms with Gasteiger partial charge in [-0.05, 0) is 32.0 Å². The number of rotatable bonds is 4. The molecular weight excluding hydrogens is 326 g/mol. The van der Waals surface area contributed by atoms with Crippen LogP contribution in [0.4, 0.5) is 10.5 Å². The molecule has 7 nitrogen and oxygen atoms in total. The Balaban J connectivity index is 1.62. The maximum absolute atomic E-state index is 12.1. The van der Waals surface area contributed by atoms with E-state index >= 15 is 0 Å². The minimum absolute atomic E-state index is 0.0758. The van der Waals surface area contributed by atoms with Gasteiger partial charge < -0.3 is 15.7 Å². The topological polar surface area (TPSA) is 92.1 Å². The number of carbonyl (C=O) groups excluding carboxylic acids is 1. The van der Waals surface area contributed by atoms with Gasteiger partial charge in [-0.3, -0.25) is 4.68 Å². The first-order valence-electron chi connectivity index (χ1n) is 7.47. The zero-order valence-corrected chi connectivity index (χ0v) is 14.5. The Bertz CT molecular complexity index is 884. The average Bonchev–Trinajstić information content (AvgIpc) is 3.10. The number of aryl methyl sites for hydroxylation is 2. The fraction of sp³-hybridized carbons (Fsp3) is 0.312. The number of benzene rings is 1. The van der Waals surface area contributed by atoms with Gasteiger partial charge in [0.2, 0.25) is 0 Å². The second-order valence-corrected chi connectivity index (χ2v) is 7.13. The minimum Gasteiger partial charge on any atom is -0.383 e. The molecule has 2 heterocycles. The Morgan fingerprint density at radius 2 is 2.25 bits per heavy atom. The zero-order chi connectivity index (χ0) is 17.3. The van der Waals surface area contributed by atoms with Crippen LogP contribution in [0.1, 0.15) is 17.5 Å². The Hall–Kier alpha value is -2.45. The van der Waals surface area contributed by atoms with E-state index in [4.69, 9.17) is 0 Å². The number of fused-ring (bicyclic) bond motifs is 1. The minimum atomic E-state index is -1.19. The van der Waals surface area contributed by atoms with Gasteiger partial charge in [0.25, 0.3) is 0 Å². The fourth-order valence-corrected chi connectivity index (χ4v) is 3.21. The van der Waals surface area contributed by atoms with Gasteiger partial charge in [-0.15, -0.1) is 11.3 Å². The van der Waals surface area contributed by atoms with E-state index in [1.807, 2.05) is 19.1 Å². The van der Waals surface area contributed by atoms with Crippen LogP contribution in [0.2, 0.25) is 0 Å². The maximum atomic E-state index is 12.1. The molecule has 8 heteroatoms. The standard InChI is InChI=1S/C16H19N5O2S/c1-10-19-13-5-4-12(6-14(13)24-10)20-15(22)17-9-16(2,23)11-7-18-21(3)8-11/h4-8,23H,9H2,1-3H3,(H2,17,20,22). The molecule has 3 rings (SSSR count). The summed E-state index contributed by atoms with van der Waals surface area (Å²) in [5.74, 6) is 0. The third-order valence-corrected chi connectivity index (χ3v) is 4.61. The number of hydrogen-bond acceptors (Lipinski definition) is 5. The molecule has 24 heavy (non-hydrogen) atoms. The van der Waals surface area contributed by atoms with Crippen molar-refractivity contribution in [2.75, 3.05) is 11.9 Å². The highest BCUT2D eigenvalue weighted by Crippen LogP contribution is 2.24. The van der Waals surface area contributed by atoms with Crippen molar-refractivity contribution in [1.82, 2.24) is 20.1 Å². The molecule has 126 valence electrons. The fourth-order valence-electron chi connectivity index (χ4n) is 2.35. The predicted molar refractivity (Wildman–Crippen MR) is 94.2 cm³/mol. The summed E-state index contributed by atoms with van der Waals surface area (Å²) in [6, 6.07) is 5.19. The van der Waals surface area contributed by atoms with Crippen LogP contribution in [0.3, 0.4) is 0 Å². The van der Waals surface area contributed by atoms with Crippen molar-refractivity contribution < 1.29 is 9.90 Å². The molecule has 0 saturated carbocycles. The highest BCUT2D eigenvalue weighted by molar-refractivity contribution is 7.18. The molecule has 1 atom stereocenters. The van der Waals surface area contributed by atoms with Crippen LogP contribution in [0, 0.1) is 6.92 Å². The van der Waals surface area contributed by atoms with E-state index in [-0.39, 0.29) is 12.6 Å². The number of nitrogens with zero attached hydrogens (tertiary/aromatic N) is 3. The van der Waals surface area contributed by atoms with Gasteiger partial charge in [-0.1, -0.05) is 0 Å². The number of hydrogen-bond donors (Lipinski definition) is 3. The highest BCUT2D eigenvalue weighted by atomic mass is 32.1. The number of amides is 2. The van der Waals surface area contributed by atoms with Crippen molar-refractivity contribution in [2.45, 2.75) is 19.4 Å². The van der Waals surface area contributed by atoms with Gasteiger partial charge >= 0.3 is 6.03 Å². The molecule has 2 amide bonds. The number of urea groups is 1. The molecule has 3 N–H and O–H groups in total. The smallest absolute Gasteiger partial charge is 0.319 e. The van der Waals surface area contributed by atoms with E-state index in [2.05, 4.69) is 20.7 Å². The predicted octanol–water partition coefficient (Wildman–Crippen LogP) is 2.37. The number of carbonyl (C=O) groups is 1. The molecule has 0 radical (unpaired) electrons. The maximum Gasteiger partial charge on any atom is 0.319 e. The molecule has 0 aliphatic carbocycles. The van der Waals surface area contributed by atoms with Crippen LogP contribution in [0.25, 0.3) is 10.2 Å². The molecule has 0 aliphatic heterocycles. The van der Waals surface area contributed by atoms with Crippen LogP contribution in [-0.2, 0) is 12.6 Å². The van der Waals surface area contributed by atoms with Crippen LogP contribution in [-0.4, -0.2) is 32.4 Å². The molecule has 1 unspecified atom stereocenters. The van der Waals surface area contributed by atoms with Crippen molar-refractivity contribution in [3.05, 3.63) is 41.2 Å². The van der Waals surface area contributed by atoms with Crippen molar-refractivity contribution in [3.8, 4) is 0 Å². The molecule has 0 saturated heterocycles. The summed E-state index contributed by atoms with van der Waals surface area (Å²) < 4.78 is 2.63. The highest BCUT2D eigenvalue weighted by Gasteiger charge is 2.25. The lowest BCUT2D eigenvalue weighted by molar-refractivity contribution is 0.0599. The normalized spacial score (nSPS) is 13.7. The molecule has 0 bridgehead atoms. The van der Waals surface area contributed by atoms with E-state index in [1.54, 1.807) is 48.5 Å². The van der Waals surface area contributed by atoms with Crippen molar-refractivity contribution >= 4 is 33.3 Å². The second kappa shape index (κ2) is 6.21. The molecule has 0 aliphatic rings. The monoisotopic (exact) mass is 345 g/mol. The van der Waals surface area contributed by atoms with Crippen LogP contribution < -0.4 is 10.6 Å². The van der Waals surface area contributed by atoms with Gasteiger partial charge in [0.1, 0.15) is 5.60 Å². The molecule has 3 aromatic rings. The zero-order valence-electron chi connectivity index (χ0n) is 13.7. The van der Waals surface area contributed by atoms with Gasteiger partial charge in [0.05, 0.1) is 28.0 Å². The van der Waals surface area contributed by atoms with Crippen molar-refractivity contribution in [3.63, 3.8) is 0 Å². The van der Waals surface area contributed by atoms with E-state index in [9.17, 15) is 9.90 Å². The summed E-state index contributed by atoms with van der Waals surface area (Å²) >= 11 is 1.58. The lowest BCUT2D eigenvalue weighted by atomic mass is 10.00. The Labute approximate surface area is 143 Å². The van der Waals surface area contributed by atoms with Crippen molar-refractivity contribution in [1.29, 1.82) is 0 Å². The lowest BCUT2D eigenvalue weighted by Crippen LogP contribution is -2.40. The molecular formula is C16H19N5O2S. The molecule has 1 aromatic carbocycles. The summed E-state index contributed by atoms with van der Waals surface area (Å²) in [6.45, 7) is 3.66. The first kappa shape index (κ1) is 16.4. The summed E-state index contributed by atoms with van der Waals surface area (Å²) in [5, 5.41) is 20.9. The van der Waals surface area contributed by atoms with Gasteiger partial charge in [0.15, 0.2) is 0 Å². The summed E-state index contributed by atoms with van der Waals surface area (Å²) in [4.78, 5) is 16.5. The van der Waals surface area contributed by atoms with E-state index in [0.29, 0.717) is 11.3 Å². The van der Waals surface area contributed by atoms with Gasteiger partial charge in [-0.25, -0.2) is 9.78 Å². The van der Waals surface area contributed by atoms with Gasteiger partial charge in [0, 0.05) is 24.5 Å². The number of anilines is 1. The first-order chi connectivity index (χ1) is 11.3. The van der Waals surface area contributed by atoms with Gasteiger partial charge in [-0.2, -0.15) is 5.10 Å². The van der Waals surface area contributed by atoms with E-state index < -0.39 is 5.60 Å². The number of thiazole rings is 1. The lowest BCUT2D eigenvalue weighted by Gasteiger charge is -2.22. The Kier molecular flexibility index (Phi) is 4.25. The Morgan fingerprint density at radius 1 is 1.46 bits per heavy atom. The van der Waals surface area contributed by atoms with Crippen molar-refractivity contribution in [2.24, 2.45) is 7.05 Å². The van der Waals surface area contributed by atoms with Crippen LogP contribution in [0.15, 0.2) is 30.6 Å². The summed E-state index contributed by atoms with van der Waals surface area (Å²) in [7, 11) is 1.77. The molecule has 0 spiro atoms. The summed E-state index contributed by atoms with van der Waals surface area (Å²) in [6.07, 6.45) is 3.30. The second-order valence-electron chi connectivity index (χ2n) is 5.90. The third-order valence-electron chi connectivity index (χ3n) is 3.67. The quantitative estimate of drug-likeness (QED) is 0.677. The summed E-state index contributed by atoms with van der Waals surface area (Å²) in [5.41, 5.74) is 1.06. The third kappa shape index (κ3) is 3.55. The van der Waals surface area contributed by atoms with E-state index in [0.717, 1.165) is 15.2 Å². The van der Waals surface area contributed by atoms with Crippen LogP contribution >= 0.6 is 11.3 Å². The van der Waals surface area contributed by atoms with E-state index in [1.165, 1.54) is 0 Å². The van der Waals surface area contributed by atoms with Crippen LogP contribution in [0.5, 0.6) is 0 Å². The number of aliphatic hydroxyl groups is 1. The Morgan fingerprint density at radius 3 is 2.96 bits per heavy atom. The SMILES string of the molecule is Cc1nc2ccc(NC(=O)NCC(C)(O)c3cnn(C)c3)cc2s1. The largest absolute Gasteiger partial charge is 0.383 e. The number of nitrogens with one attached hydrogen (secondary N) is 2. The average molecular weight is 345 g/mol. The first-order valence-corrected chi connectivity index (χ1v) is 8.29. The molecule has 0 fully saturated rings. The molecule has 2 aromatic heterocycles. The number of aromatic nitrogens is 3.